The molecule has 0 aliphatic carbocycles. The summed E-state index contributed by atoms with van der Waals surface area (Å²) in [4.78, 5) is 12.5. The van der Waals surface area contributed by atoms with Crippen molar-refractivity contribution in [2.24, 2.45) is 0 Å². The second kappa shape index (κ2) is 7.33. The molecule has 0 amide bonds. The third-order valence-corrected chi connectivity index (χ3v) is 4.06. The molecule has 0 saturated carbocycles. The summed E-state index contributed by atoms with van der Waals surface area (Å²) < 4.78 is 15.9. The third kappa shape index (κ3) is 4.51. The Balaban J connectivity index is 1.54. The van der Waals surface area contributed by atoms with E-state index in [0.717, 1.165) is 28.4 Å². The van der Waals surface area contributed by atoms with Gasteiger partial charge < -0.3 is 14.2 Å². The Morgan fingerprint density at radius 2 is 1.55 bits per heavy atom. The summed E-state index contributed by atoms with van der Waals surface area (Å²) in [5.41, 5.74) is 0. The number of carbonyl (C=O) groups is 1. The topological polar surface area (TPSA) is 48.1 Å². The maximum absolute atomic E-state index is 10.3. The van der Waals surface area contributed by atoms with Crippen molar-refractivity contribution in [2.45, 2.75) is 15.9 Å². The van der Waals surface area contributed by atoms with Crippen molar-refractivity contribution in [3.05, 3.63) is 48.5 Å². The zero-order valence-corrected chi connectivity index (χ0v) is 12.8. The zero-order valence-electron chi connectivity index (χ0n) is 11.9. The minimum atomic E-state index is 0.0832. The van der Waals surface area contributed by atoms with E-state index in [1.54, 1.807) is 11.8 Å². The van der Waals surface area contributed by atoms with Gasteiger partial charge in [0, 0.05) is 9.79 Å². The quantitative estimate of drug-likeness (QED) is 0.553. The van der Waals surface area contributed by atoms with E-state index < -0.39 is 0 Å². The first-order valence-electron chi connectivity index (χ1n) is 7.02. The number of hydrogen-bond acceptors (Lipinski definition) is 5. The van der Waals surface area contributed by atoms with E-state index in [2.05, 4.69) is 0 Å². The van der Waals surface area contributed by atoms with Crippen LogP contribution in [0.15, 0.2) is 58.3 Å². The van der Waals surface area contributed by atoms with Gasteiger partial charge in [0.15, 0.2) is 6.29 Å². The molecule has 1 unspecified atom stereocenters. The first kappa shape index (κ1) is 14.9. The fourth-order valence-electron chi connectivity index (χ4n) is 1.83. The smallest absolute Gasteiger partial charge is 0.157 e. The number of aldehydes is 1. The van der Waals surface area contributed by atoms with Gasteiger partial charge in [-0.05, 0) is 48.5 Å². The molecule has 22 heavy (non-hydrogen) atoms. The van der Waals surface area contributed by atoms with Gasteiger partial charge in [-0.1, -0.05) is 11.8 Å². The van der Waals surface area contributed by atoms with Gasteiger partial charge in [0.25, 0.3) is 0 Å². The Bertz CT molecular complexity index is 606. The SMILES string of the molecule is O=CCOc1ccc(Sc2ccc(OCC3CO3)cc2)cc1. The van der Waals surface area contributed by atoms with E-state index in [9.17, 15) is 4.79 Å². The van der Waals surface area contributed by atoms with Crippen LogP contribution in [0.4, 0.5) is 0 Å². The molecule has 0 radical (unpaired) electrons. The van der Waals surface area contributed by atoms with Crippen molar-refractivity contribution >= 4 is 18.0 Å². The molecule has 0 N–H and O–H groups in total. The zero-order chi connectivity index (χ0) is 15.2. The van der Waals surface area contributed by atoms with Crippen LogP contribution in [0.1, 0.15) is 0 Å². The van der Waals surface area contributed by atoms with Crippen LogP contribution in [-0.4, -0.2) is 32.2 Å². The van der Waals surface area contributed by atoms with Crippen molar-refractivity contribution < 1.29 is 19.0 Å². The largest absolute Gasteiger partial charge is 0.491 e. The van der Waals surface area contributed by atoms with Crippen molar-refractivity contribution in [3.8, 4) is 11.5 Å². The number of carbonyl (C=O) groups excluding carboxylic acids is 1. The minimum absolute atomic E-state index is 0.0832. The Labute approximate surface area is 133 Å². The summed E-state index contributed by atoms with van der Waals surface area (Å²) in [6.45, 7) is 1.51. The summed E-state index contributed by atoms with van der Waals surface area (Å²) in [6, 6.07) is 15.7. The number of epoxide rings is 1. The standard InChI is InChI=1S/C17H16O4S/c18-9-10-19-13-1-5-16(6-2-13)22-17-7-3-14(4-8-17)20-11-15-12-21-15/h1-9,15H,10-12H2. The van der Waals surface area contributed by atoms with Crippen LogP contribution in [0.5, 0.6) is 11.5 Å². The molecule has 114 valence electrons. The minimum Gasteiger partial charge on any atom is -0.491 e. The van der Waals surface area contributed by atoms with E-state index in [4.69, 9.17) is 14.2 Å². The van der Waals surface area contributed by atoms with Gasteiger partial charge in [0.2, 0.25) is 0 Å². The van der Waals surface area contributed by atoms with E-state index >= 15 is 0 Å². The summed E-state index contributed by atoms with van der Waals surface area (Å²) in [6.07, 6.45) is 1.01. The van der Waals surface area contributed by atoms with Crippen LogP contribution in [0.25, 0.3) is 0 Å². The second-order valence-corrected chi connectivity index (χ2v) is 5.94. The molecule has 0 aromatic heterocycles. The molecule has 1 aliphatic heterocycles. The van der Waals surface area contributed by atoms with Gasteiger partial charge in [0.05, 0.1) is 6.61 Å². The summed E-state index contributed by atoms with van der Waals surface area (Å²) in [5, 5.41) is 0. The number of benzene rings is 2. The molecule has 0 spiro atoms. The van der Waals surface area contributed by atoms with Gasteiger partial charge in [-0.2, -0.15) is 0 Å². The van der Waals surface area contributed by atoms with Crippen molar-refractivity contribution in [1.29, 1.82) is 0 Å². The highest BCUT2D eigenvalue weighted by atomic mass is 32.2. The number of ether oxygens (including phenoxy) is 3. The first-order valence-corrected chi connectivity index (χ1v) is 7.84. The van der Waals surface area contributed by atoms with Crippen LogP contribution < -0.4 is 9.47 Å². The monoisotopic (exact) mass is 316 g/mol. The fourth-order valence-corrected chi connectivity index (χ4v) is 2.64. The molecule has 2 aromatic carbocycles. The normalized spacial score (nSPS) is 16.1. The van der Waals surface area contributed by atoms with E-state index in [-0.39, 0.29) is 12.7 Å². The highest BCUT2D eigenvalue weighted by Crippen LogP contribution is 2.30. The molecule has 1 fully saturated rings. The van der Waals surface area contributed by atoms with Gasteiger partial charge in [0.1, 0.15) is 30.8 Å². The molecule has 1 saturated heterocycles. The molecular weight excluding hydrogens is 300 g/mol. The second-order valence-electron chi connectivity index (χ2n) is 4.79. The van der Waals surface area contributed by atoms with E-state index in [0.29, 0.717) is 12.4 Å². The van der Waals surface area contributed by atoms with Crippen molar-refractivity contribution in [1.82, 2.24) is 0 Å². The lowest BCUT2D eigenvalue weighted by Crippen LogP contribution is -2.03. The molecule has 1 atom stereocenters. The van der Waals surface area contributed by atoms with Crippen LogP contribution >= 0.6 is 11.8 Å². The average molecular weight is 316 g/mol. The van der Waals surface area contributed by atoms with E-state index in [1.807, 2.05) is 48.5 Å². The Morgan fingerprint density at radius 1 is 1.00 bits per heavy atom. The maximum atomic E-state index is 10.3. The molecule has 4 nitrogen and oxygen atoms in total. The fraction of sp³-hybridized carbons (Fsp3) is 0.235. The van der Waals surface area contributed by atoms with Gasteiger partial charge in [-0.3, -0.25) is 4.79 Å². The Kier molecular flexibility index (Phi) is 4.98. The summed E-state index contributed by atoms with van der Waals surface area (Å²) in [7, 11) is 0. The lowest BCUT2D eigenvalue weighted by Gasteiger charge is -2.07. The maximum Gasteiger partial charge on any atom is 0.157 e. The van der Waals surface area contributed by atoms with E-state index in [1.165, 1.54) is 0 Å². The van der Waals surface area contributed by atoms with Crippen molar-refractivity contribution in [3.63, 3.8) is 0 Å². The molecule has 5 heteroatoms. The molecule has 1 heterocycles. The first-order chi connectivity index (χ1) is 10.8. The molecule has 1 aliphatic rings. The predicted octanol–water partition coefficient (Wildman–Crippen LogP) is 3.19. The van der Waals surface area contributed by atoms with Crippen LogP contribution in [0.2, 0.25) is 0 Å². The number of rotatable bonds is 8. The van der Waals surface area contributed by atoms with Gasteiger partial charge in [-0.15, -0.1) is 0 Å². The molecule has 0 bridgehead atoms. The third-order valence-electron chi connectivity index (χ3n) is 3.04. The summed E-state index contributed by atoms with van der Waals surface area (Å²) in [5.74, 6) is 1.56. The molecule has 3 rings (SSSR count). The molecule has 2 aromatic rings. The van der Waals surface area contributed by atoms with Crippen LogP contribution in [-0.2, 0) is 9.53 Å². The Morgan fingerprint density at radius 3 is 2.05 bits per heavy atom. The highest BCUT2D eigenvalue weighted by molar-refractivity contribution is 7.99. The van der Waals surface area contributed by atoms with Crippen molar-refractivity contribution in [2.75, 3.05) is 19.8 Å². The van der Waals surface area contributed by atoms with Gasteiger partial charge in [-0.25, -0.2) is 0 Å². The van der Waals surface area contributed by atoms with Gasteiger partial charge >= 0.3 is 0 Å². The van der Waals surface area contributed by atoms with Crippen LogP contribution in [0, 0.1) is 0 Å². The lowest BCUT2D eigenvalue weighted by molar-refractivity contribution is -0.109. The lowest BCUT2D eigenvalue weighted by atomic mass is 10.3. The van der Waals surface area contributed by atoms with Crippen LogP contribution in [0.3, 0.4) is 0 Å². The summed E-state index contributed by atoms with van der Waals surface area (Å²) >= 11 is 1.66. The predicted molar refractivity (Wildman–Crippen MR) is 83.8 cm³/mol. The average Bonchev–Trinajstić information content (AvgIpc) is 3.38. The highest BCUT2D eigenvalue weighted by Gasteiger charge is 2.22. The Hall–Kier alpha value is -1.98. The number of hydrogen-bond donors (Lipinski definition) is 0. The molecular formula is C17H16O4S.